The normalized spacial score (nSPS) is 10.5. The molecule has 0 spiro atoms. The van der Waals surface area contributed by atoms with Gasteiger partial charge in [-0.1, -0.05) is 0 Å². The molecule has 4 nitrogen and oxygen atoms in total. The van der Waals surface area contributed by atoms with Crippen LogP contribution in [0.1, 0.15) is 21.1 Å². The molecule has 0 fully saturated rings. The highest BCUT2D eigenvalue weighted by Gasteiger charge is 2.11. The molecule has 2 rings (SSSR count). The van der Waals surface area contributed by atoms with Crippen LogP contribution in [0.5, 0.6) is 0 Å². The van der Waals surface area contributed by atoms with Crippen LogP contribution in [0, 0.1) is 10.5 Å². The Morgan fingerprint density at radius 2 is 2.32 bits per heavy atom. The number of aromatic nitrogens is 1. The first-order valence-electron chi connectivity index (χ1n) is 5.82. The largest absolute Gasteiger partial charge is 0.330 e. The number of nitrogens with two attached hydrogens (primary N) is 1. The van der Waals surface area contributed by atoms with Crippen LogP contribution < -0.4 is 11.1 Å². The van der Waals surface area contributed by atoms with Crippen molar-refractivity contribution >= 4 is 45.5 Å². The lowest BCUT2D eigenvalue weighted by atomic mass is 10.2. The maximum Gasteiger partial charge on any atom is 0.275 e. The SMILES string of the molecule is Cc1cc(I)ccc1NC(=O)c1csc(CCN)n1. The zero-order chi connectivity index (χ0) is 13.8. The Balaban J connectivity index is 2.11. The average molecular weight is 387 g/mol. The molecule has 6 heteroatoms. The predicted molar refractivity (Wildman–Crippen MR) is 86.7 cm³/mol. The number of benzene rings is 1. The number of thiazole rings is 1. The van der Waals surface area contributed by atoms with Crippen LogP contribution >= 0.6 is 33.9 Å². The second kappa shape index (κ2) is 6.44. The number of aryl methyl sites for hydroxylation is 1. The van der Waals surface area contributed by atoms with Gasteiger partial charge < -0.3 is 11.1 Å². The third-order valence-corrected chi connectivity index (χ3v) is 4.16. The van der Waals surface area contributed by atoms with E-state index in [0.717, 1.165) is 19.8 Å². The molecular weight excluding hydrogens is 373 g/mol. The number of hydrogen-bond acceptors (Lipinski definition) is 4. The van der Waals surface area contributed by atoms with Crippen LogP contribution in [-0.2, 0) is 6.42 Å². The van der Waals surface area contributed by atoms with Gasteiger partial charge in [0.05, 0.1) is 5.01 Å². The number of carbonyl (C=O) groups excluding carboxylic acids is 1. The molecule has 19 heavy (non-hydrogen) atoms. The van der Waals surface area contributed by atoms with Crippen molar-refractivity contribution in [2.75, 3.05) is 11.9 Å². The summed E-state index contributed by atoms with van der Waals surface area (Å²) in [6.07, 6.45) is 0.709. The van der Waals surface area contributed by atoms with Crippen molar-refractivity contribution in [1.82, 2.24) is 4.98 Å². The number of hydrogen-bond donors (Lipinski definition) is 2. The molecule has 0 saturated carbocycles. The Labute approximate surface area is 129 Å². The van der Waals surface area contributed by atoms with Crippen LogP contribution in [0.4, 0.5) is 5.69 Å². The van der Waals surface area contributed by atoms with E-state index in [1.54, 1.807) is 5.38 Å². The Bertz CT molecular complexity index is 597. The first-order valence-corrected chi connectivity index (χ1v) is 7.78. The van der Waals surface area contributed by atoms with Gasteiger partial charge in [0.25, 0.3) is 5.91 Å². The Kier molecular flexibility index (Phi) is 4.89. The molecule has 0 aliphatic heterocycles. The lowest BCUT2D eigenvalue weighted by Crippen LogP contribution is -2.13. The van der Waals surface area contributed by atoms with E-state index >= 15 is 0 Å². The van der Waals surface area contributed by atoms with Crippen molar-refractivity contribution in [2.24, 2.45) is 5.73 Å². The van der Waals surface area contributed by atoms with Crippen LogP contribution in [-0.4, -0.2) is 17.4 Å². The van der Waals surface area contributed by atoms with Gasteiger partial charge in [-0.05, 0) is 59.8 Å². The second-order valence-electron chi connectivity index (χ2n) is 4.08. The summed E-state index contributed by atoms with van der Waals surface area (Å²) in [4.78, 5) is 16.3. The molecule has 1 heterocycles. The predicted octanol–water partition coefficient (Wildman–Crippen LogP) is 2.81. The average Bonchev–Trinajstić information content (AvgIpc) is 2.82. The maximum absolute atomic E-state index is 12.1. The first-order chi connectivity index (χ1) is 9.10. The van der Waals surface area contributed by atoms with Gasteiger partial charge in [0.15, 0.2) is 0 Å². The third-order valence-electron chi connectivity index (χ3n) is 2.58. The van der Waals surface area contributed by atoms with E-state index in [4.69, 9.17) is 5.73 Å². The van der Waals surface area contributed by atoms with Crippen molar-refractivity contribution in [3.8, 4) is 0 Å². The Morgan fingerprint density at radius 1 is 1.53 bits per heavy atom. The van der Waals surface area contributed by atoms with E-state index in [9.17, 15) is 4.79 Å². The van der Waals surface area contributed by atoms with Gasteiger partial charge >= 0.3 is 0 Å². The van der Waals surface area contributed by atoms with E-state index in [1.165, 1.54) is 11.3 Å². The third kappa shape index (κ3) is 3.74. The van der Waals surface area contributed by atoms with Crippen LogP contribution in [0.15, 0.2) is 23.6 Å². The summed E-state index contributed by atoms with van der Waals surface area (Å²) < 4.78 is 1.15. The topological polar surface area (TPSA) is 68.0 Å². The van der Waals surface area contributed by atoms with Crippen LogP contribution in [0.3, 0.4) is 0 Å². The van der Waals surface area contributed by atoms with E-state index in [1.807, 2.05) is 25.1 Å². The molecule has 1 aromatic carbocycles. The van der Waals surface area contributed by atoms with E-state index in [-0.39, 0.29) is 5.91 Å². The van der Waals surface area contributed by atoms with Crippen molar-refractivity contribution in [3.63, 3.8) is 0 Å². The number of halogens is 1. The molecule has 0 saturated heterocycles. The fourth-order valence-corrected chi connectivity index (χ4v) is 3.05. The lowest BCUT2D eigenvalue weighted by Gasteiger charge is -2.07. The van der Waals surface area contributed by atoms with Crippen molar-refractivity contribution in [3.05, 3.63) is 43.4 Å². The molecule has 0 bridgehead atoms. The molecule has 2 aromatic rings. The molecule has 0 aliphatic carbocycles. The second-order valence-corrected chi connectivity index (χ2v) is 6.27. The Hall–Kier alpha value is -0.990. The van der Waals surface area contributed by atoms with Gasteiger partial charge in [-0.2, -0.15) is 0 Å². The van der Waals surface area contributed by atoms with E-state index in [2.05, 4.69) is 32.9 Å². The summed E-state index contributed by atoms with van der Waals surface area (Å²) >= 11 is 3.71. The van der Waals surface area contributed by atoms with Gasteiger partial charge in [0.2, 0.25) is 0 Å². The van der Waals surface area contributed by atoms with Crippen LogP contribution in [0.2, 0.25) is 0 Å². The number of anilines is 1. The smallest absolute Gasteiger partial charge is 0.275 e. The molecule has 100 valence electrons. The fraction of sp³-hybridized carbons (Fsp3) is 0.231. The Morgan fingerprint density at radius 3 is 3.00 bits per heavy atom. The van der Waals surface area contributed by atoms with Crippen molar-refractivity contribution < 1.29 is 4.79 Å². The molecule has 0 atom stereocenters. The highest BCUT2D eigenvalue weighted by molar-refractivity contribution is 14.1. The molecule has 0 unspecified atom stereocenters. The molecule has 0 aliphatic rings. The summed E-state index contributed by atoms with van der Waals surface area (Å²) in [5.74, 6) is -0.177. The van der Waals surface area contributed by atoms with Gasteiger partial charge in [0, 0.05) is 21.1 Å². The van der Waals surface area contributed by atoms with E-state index < -0.39 is 0 Å². The lowest BCUT2D eigenvalue weighted by molar-refractivity contribution is 0.102. The summed E-state index contributed by atoms with van der Waals surface area (Å²) in [5, 5.41) is 5.54. The fourth-order valence-electron chi connectivity index (χ4n) is 1.61. The van der Waals surface area contributed by atoms with E-state index in [0.29, 0.717) is 18.7 Å². The van der Waals surface area contributed by atoms with Gasteiger partial charge in [-0.25, -0.2) is 4.98 Å². The first kappa shape index (κ1) is 14.4. The summed E-state index contributed by atoms with van der Waals surface area (Å²) in [7, 11) is 0. The molecular formula is C13H14IN3OS. The van der Waals surface area contributed by atoms with Crippen molar-refractivity contribution in [1.29, 1.82) is 0 Å². The number of carbonyl (C=O) groups is 1. The van der Waals surface area contributed by atoms with Crippen LogP contribution in [0.25, 0.3) is 0 Å². The van der Waals surface area contributed by atoms with Gasteiger partial charge in [0.1, 0.15) is 5.69 Å². The number of rotatable bonds is 4. The number of amides is 1. The zero-order valence-electron chi connectivity index (χ0n) is 10.4. The highest BCUT2D eigenvalue weighted by Crippen LogP contribution is 2.19. The van der Waals surface area contributed by atoms with Gasteiger partial charge in [-0.3, -0.25) is 4.79 Å². The minimum atomic E-state index is -0.177. The van der Waals surface area contributed by atoms with Gasteiger partial charge in [-0.15, -0.1) is 11.3 Å². The molecule has 1 amide bonds. The maximum atomic E-state index is 12.1. The minimum absolute atomic E-state index is 0.177. The summed E-state index contributed by atoms with van der Waals surface area (Å²) in [6, 6.07) is 5.89. The summed E-state index contributed by atoms with van der Waals surface area (Å²) in [6.45, 7) is 2.52. The zero-order valence-corrected chi connectivity index (χ0v) is 13.4. The monoisotopic (exact) mass is 387 g/mol. The number of nitrogens with zero attached hydrogens (tertiary/aromatic N) is 1. The minimum Gasteiger partial charge on any atom is -0.330 e. The van der Waals surface area contributed by atoms with Crippen molar-refractivity contribution in [2.45, 2.75) is 13.3 Å². The summed E-state index contributed by atoms with van der Waals surface area (Å²) in [5.41, 5.74) is 7.78. The standard InChI is InChI=1S/C13H14IN3OS/c1-8-6-9(14)2-3-10(8)17-13(18)11-7-19-12(16-11)4-5-15/h2-3,6-7H,4-5,15H2,1H3,(H,17,18). The quantitative estimate of drug-likeness (QED) is 0.793. The molecule has 0 radical (unpaired) electrons. The number of nitrogens with one attached hydrogen (secondary N) is 1. The molecule has 1 aromatic heterocycles. The highest BCUT2D eigenvalue weighted by atomic mass is 127. The molecule has 3 N–H and O–H groups in total.